The third-order valence-corrected chi connectivity index (χ3v) is 4.94. The summed E-state index contributed by atoms with van der Waals surface area (Å²) in [5.74, 6) is 1.20. The second kappa shape index (κ2) is 5.36. The molecule has 0 amide bonds. The third kappa shape index (κ3) is 2.33. The molecule has 2 aliphatic heterocycles. The van der Waals surface area contributed by atoms with Crippen LogP contribution in [0.15, 0.2) is 17.4 Å². The maximum absolute atomic E-state index is 4.51. The molecule has 0 bridgehead atoms. The number of fused-ring (bicyclic) bond motifs is 2. The molecule has 0 unspecified atom stereocenters. The predicted octanol–water partition coefficient (Wildman–Crippen LogP) is 2.57. The lowest BCUT2D eigenvalue weighted by Crippen LogP contribution is -2.41. The van der Waals surface area contributed by atoms with E-state index in [2.05, 4.69) is 21.9 Å². The Morgan fingerprint density at radius 3 is 2.71 bits per heavy atom. The van der Waals surface area contributed by atoms with Crippen molar-refractivity contribution in [3.05, 3.63) is 18.2 Å². The predicted molar refractivity (Wildman–Crippen MR) is 72.5 cm³/mol. The zero-order chi connectivity index (χ0) is 12.3. The zero-order valence-corrected chi connectivity index (χ0v) is 11.8. The van der Waals surface area contributed by atoms with E-state index in [1.165, 1.54) is 42.3 Å². The molecule has 94 valence electrons. The monoisotopic (exact) mass is 251 g/mol. The first-order chi connectivity index (χ1) is 8.30. The smallest absolute Gasteiger partial charge is 0.115 e. The van der Waals surface area contributed by atoms with Crippen LogP contribution in [0, 0.1) is 0 Å². The summed E-state index contributed by atoms with van der Waals surface area (Å²) in [5.41, 5.74) is 1.67. The highest BCUT2D eigenvalue weighted by Gasteiger charge is 2.42. The molecule has 1 fully saturated rings. The van der Waals surface area contributed by atoms with Crippen LogP contribution in [-0.4, -0.2) is 40.8 Å². The van der Waals surface area contributed by atoms with E-state index >= 15 is 0 Å². The van der Waals surface area contributed by atoms with Crippen molar-refractivity contribution in [2.45, 2.75) is 37.0 Å². The number of thioether (sulfide) groups is 1. The first kappa shape index (κ1) is 12.8. The highest BCUT2D eigenvalue weighted by molar-refractivity contribution is 7.99. The van der Waals surface area contributed by atoms with Gasteiger partial charge in [0.05, 0.1) is 5.69 Å². The molecule has 3 nitrogen and oxygen atoms in total. The number of hydrogen-bond donors (Lipinski definition) is 0. The molecule has 1 aromatic heterocycles. The Hall–Kier alpha value is -0.610. The Balaban J connectivity index is 0.000000514. The minimum Gasteiger partial charge on any atom is -0.306 e. The Morgan fingerprint density at radius 2 is 2.00 bits per heavy atom. The van der Waals surface area contributed by atoms with E-state index in [0.29, 0.717) is 5.41 Å². The van der Waals surface area contributed by atoms with Crippen molar-refractivity contribution in [3.8, 4) is 0 Å². The largest absolute Gasteiger partial charge is 0.306 e. The Morgan fingerprint density at radius 1 is 1.29 bits per heavy atom. The van der Waals surface area contributed by atoms with Crippen LogP contribution in [0.5, 0.6) is 0 Å². The summed E-state index contributed by atoms with van der Waals surface area (Å²) in [4.78, 5) is 12.3. The van der Waals surface area contributed by atoms with Crippen molar-refractivity contribution in [1.29, 1.82) is 0 Å². The summed E-state index contributed by atoms with van der Waals surface area (Å²) < 4.78 is 0. The number of piperidine rings is 1. The number of nitrogens with zero attached hydrogens (tertiary/aromatic N) is 3. The molecule has 1 spiro atoms. The van der Waals surface area contributed by atoms with Crippen molar-refractivity contribution in [2.24, 2.45) is 0 Å². The minimum absolute atomic E-state index is 0.357. The lowest BCUT2D eigenvalue weighted by Gasteiger charge is -2.37. The van der Waals surface area contributed by atoms with Gasteiger partial charge in [0.1, 0.15) is 6.33 Å². The van der Waals surface area contributed by atoms with Crippen LogP contribution < -0.4 is 0 Å². The van der Waals surface area contributed by atoms with Crippen LogP contribution in [0.3, 0.4) is 0 Å². The average molecular weight is 251 g/mol. The molecule has 0 radical (unpaired) electrons. The SMILES string of the molecule is CC.CN1CCC2(CC1)CSc1cncnc12. The van der Waals surface area contributed by atoms with Crippen LogP contribution in [0.1, 0.15) is 32.4 Å². The van der Waals surface area contributed by atoms with Gasteiger partial charge in [-0.05, 0) is 33.0 Å². The average Bonchev–Trinajstić information content (AvgIpc) is 2.76. The molecule has 2 aliphatic rings. The quantitative estimate of drug-likeness (QED) is 0.708. The molecule has 1 saturated heterocycles. The molecule has 17 heavy (non-hydrogen) atoms. The molecular weight excluding hydrogens is 230 g/mol. The second-order valence-electron chi connectivity index (χ2n) is 4.61. The number of rotatable bonds is 0. The third-order valence-electron chi connectivity index (χ3n) is 3.63. The fourth-order valence-corrected chi connectivity index (χ4v) is 3.93. The van der Waals surface area contributed by atoms with Crippen LogP contribution in [0.4, 0.5) is 0 Å². The summed E-state index contributed by atoms with van der Waals surface area (Å²) in [6, 6.07) is 0. The zero-order valence-electron chi connectivity index (χ0n) is 10.9. The molecule has 0 atom stereocenters. The summed E-state index contributed by atoms with van der Waals surface area (Å²) in [6.07, 6.45) is 6.17. The van der Waals surface area contributed by atoms with Gasteiger partial charge in [-0.1, -0.05) is 13.8 Å². The Bertz CT molecular complexity index is 373. The van der Waals surface area contributed by atoms with Crippen molar-refractivity contribution in [1.82, 2.24) is 14.9 Å². The van der Waals surface area contributed by atoms with Gasteiger partial charge in [0.15, 0.2) is 0 Å². The van der Waals surface area contributed by atoms with Crippen LogP contribution >= 0.6 is 11.8 Å². The standard InChI is InChI=1S/C11H15N3S.C2H6/c1-14-4-2-11(3-5-14)7-15-9-6-12-8-13-10(9)11;1-2/h6,8H,2-5,7H2,1H3;1-2H3. The van der Waals surface area contributed by atoms with Crippen LogP contribution in [0.25, 0.3) is 0 Å². The lowest BCUT2D eigenvalue weighted by atomic mass is 9.77. The molecule has 1 aromatic rings. The molecule has 0 aliphatic carbocycles. The van der Waals surface area contributed by atoms with Crippen LogP contribution in [0.2, 0.25) is 0 Å². The van der Waals surface area contributed by atoms with Gasteiger partial charge in [-0.25, -0.2) is 9.97 Å². The van der Waals surface area contributed by atoms with Crippen molar-refractivity contribution in [2.75, 3.05) is 25.9 Å². The van der Waals surface area contributed by atoms with Gasteiger partial charge in [0.25, 0.3) is 0 Å². The number of aromatic nitrogens is 2. The highest BCUT2D eigenvalue weighted by atomic mass is 32.2. The maximum atomic E-state index is 4.51. The van der Waals surface area contributed by atoms with Crippen molar-refractivity contribution in [3.63, 3.8) is 0 Å². The van der Waals surface area contributed by atoms with E-state index in [1.54, 1.807) is 6.33 Å². The molecule has 3 heterocycles. The van der Waals surface area contributed by atoms with Crippen molar-refractivity contribution < 1.29 is 0 Å². The Labute approximate surface area is 108 Å². The molecule has 4 heteroatoms. The molecule has 0 aromatic carbocycles. The van der Waals surface area contributed by atoms with Gasteiger partial charge >= 0.3 is 0 Å². The van der Waals surface area contributed by atoms with E-state index in [-0.39, 0.29) is 0 Å². The van der Waals surface area contributed by atoms with Gasteiger partial charge in [-0.3, -0.25) is 0 Å². The van der Waals surface area contributed by atoms with E-state index in [9.17, 15) is 0 Å². The van der Waals surface area contributed by atoms with Crippen molar-refractivity contribution >= 4 is 11.8 Å². The normalized spacial score (nSPS) is 21.8. The molecule has 0 saturated carbocycles. The lowest BCUT2D eigenvalue weighted by molar-refractivity contribution is 0.200. The number of likely N-dealkylation sites (tertiary alicyclic amines) is 1. The molecule has 3 rings (SSSR count). The summed E-state index contributed by atoms with van der Waals surface area (Å²) in [7, 11) is 2.20. The minimum atomic E-state index is 0.357. The van der Waals surface area contributed by atoms with E-state index < -0.39 is 0 Å². The van der Waals surface area contributed by atoms with Gasteiger partial charge < -0.3 is 4.90 Å². The fraction of sp³-hybridized carbons (Fsp3) is 0.692. The van der Waals surface area contributed by atoms with Crippen LogP contribution in [-0.2, 0) is 5.41 Å². The topological polar surface area (TPSA) is 29.0 Å². The maximum Gasteiger partial charge on any atom is 0.115 e. The van der Waals surface area contributed by atoms with E-state index in [4.69, 9.17) is 0 Å². The van der Waals surface area contributed by atoms with E-state index in [1.807, 2.05) is 31.8 Å². The van der Waals surface area contributed by atoms with Gasteiger partial charge in [0, 0.05) is 22.3 Å². The van der Waals surface area contributed by atoms with E-state index in [0.717, 1.165) is 0 Å². The highest BCUT2D eigenvalue weighted by Crippen LogP contribution is 2.47. The Kier molecular flexibility index (Phi) is 4.05. The summed E-state index contributed by atoms with van der Waals surface area (Å²) in [5, 5.41) is 0. The fourth-order valence-electron chi connectivity index (χ4n) is 2.53. The first-order valence-electron chi connectivity index (χ1n) is 6.42. The molecular formula is C13H21N3S. The second-order valence-corrected chi connectivity index (χ2v) is 5.63. The van der Waals surface area contributed by atoms with Gasteiger partial charge in [-0.15, -0.1) is 11.8 Å². The summed E-state index contributed by atoms with van der Waals surface area (Å²) >= 11 is 1.93. The molecule has 0 N–H and O–H groups in total. The number of hydrogen-bond acceptors (Lipinski definition) is 4. The van der Waals surface area contributed by atoms with Gasteiger partial charge in [0.2, 0.25) is 0 Å². The first-order valence-corrected chi connectivity index (χ1v) is 7.41. The summed E-state index contributed by atoms with van der Waals surface area (Å²) in [6.45, 7) is 6.40. The van der Waals surface area contributed by atoms with Gasteiger partial charge in [-0.2, -0.15) is 0 Å².